The maximum atomic E-state index is 9.62. The fraction of sp³-hybridized carbons (Fsp3) is 0.741. The van der Waals surface area contributed by atoms with Crippen molar-refractivity contribution in [2.75, 3.05) is 0 Å². The van der Waals surface area contributed by atoms with Gasteiger partial charge in [0.25, 0.3) is 0 Å². The molecule has 1 heteroatoms. The Morgan fingerprint density at radius 1 is 0.857 bits per heavy atom. The van der Waals surface area contributed by atoms with Crippen LogP contribution in [0.2, 0.25) is 0 Å². The first-order valence-electron chi connectivity index (χ1n) is 12.2. The second kappa shape index (κ2) is 10.5. The second-order valence-electron chi connectivity index (χ2n) is 9.87. The van der Waals surface area contributed by atoms with Gasteiger partial charge in [-0.3, -0.25) is 0 Å². The summed E-state index contributed by atoms with van der Waals surface area (Å²) in [5.41, 5.74) is 3.00. The van der Waals surface area contributed by atoms with Crippen LogP contribution >= 0.6 is 0 Å². The Morgan fingerprint density at radius 2 is 1.46 bits per heavy atom. The summed E-state index contributed by atoms with van der Waals surface area (Å²) in [5.74, 6) is 2.65. The molecule has 1 aromatic carbocycles. The molecule has 3 rings (SSSR count). The van der Waals surface area contributed by atoms with Gasteiger partial charge in [0.1, 0.15) is 0 Å². The zero-order valence-corrected chi connectivity index (χ0v) is 18.4. The Bertz CT molecular complexity index is 607. The van der Waals surface area contributed by atoms with Gasteiger partial charge in [0.05, 0.1) is 11.5 Å². The second-order valence-corrected chi connectivity index (χ2v) is 9.87. The fourth-order valence-electron chi connectivity index (χ4n) is 5.94. The molecule has 0 atom stereocenters. The summed E-state index contributed by atoms with van der Waals surface area (Å²) in [4.78, 5) is 0. The van der Waals surface area contributed by atoms with Crippen molar-refractivity contribution in [3.05, 3.63) is 35.4 Å². The quantitative estimate of drug-likeness (QED) is 0.446. The van der Waals surface area contributed by atoms with E-state index < -0.39 is 0 Å². The zero-order chi connectivity index (χ0) is 19.8. The van der Waals surface area contributed by atoms with E-state index in [-0.39, 0.29) is 5.41 Å². The molecule has 0 radical (unpaired) electrons. The number of rotatable bonds is 8. The van der Waals surface area contributed by atoms with Crippen molar-refractivity contribution in [2.45, 2.75) is 110 Å². The molecule has 0 aromatic heterocycles. The van der Waals surface area contributed by atoms with Gasteiger partial charge in [-0.25, -0.2) is 0 Å². The van der Waals surface area contributed by atoms with Crippen LogP contribution in [0, 0.1) is 28.6 Å². The highest BCUT2D eigenvalue weighted by atomic mass is 14.4. The molecule has 0 saturated heterocycles. The highest BCUT2D eigenvalue weighted by Gasteiger charge is 2.35. The maximum absolute atomic E-state index is 9.62. The molecule has 2 aliphatic carbocycles. The molecule has 2 aliphatic rings. The topological polar surface area (TPSA) is 23.8 Å². The molecule has 0 N–H and O–H groups in total. The van der Waals surface area contributed by atoms with E-state index in [4.69, 9.17) is 0 Å². The van der Waals surface area contributed by atoms with Crippen molar-refractivity contribution in [1.29, 1.82) is 5.26 Å². The summed E-state index contributed by atoms with van der Waals surface area (Å²) in [5, 5.41) is 9.62. The Morgan fingerprint density at radius 3 is 2.00 bits per heavy atom. The largest absolute Gasteiger partial charge is 0.198 e. The number of aryl methyl sites for hydroxylation is 1. The lowest BCUT2D eigenvalue weighted by Crippen LogP contribution is -2.25. The normalized spacial score (nSPS) is 30.7. The Kier molecular flexibility index (Phi) is 8.01. The predicted molar refractivity (Wildman–Crippen MR) is 119 cm³/mol. The summed E-state index contributed by atoms with van der Waals surface area (Å²) in [7, 11) is 0. The highest BCUT2D eigenvalue weighted by molar-refractivity contribution is 5.26. The number of hydrogen-bond donors (Lipinski definition) is 0. The van der Waals surface area contributed by atoms with Crippen molar-refractivity contribution in [1.82, 2.24) is 0 Å². The van der Waals surface area contributed by atoms with Crippen LogP contribution in [-0.4, -0.2) is 0 Å². The Hall–Kier alpha value is -1.29. The first-order valence-corrected chi connectivity index (χ1v) is 12.2. The fourth-order valence-corrected chi connectivity index (χ4v) is 5.94. The molecule has 1 aromatic rings. The van der Waals surface area contributed by atoms with Crippen LogP contribution in [0.15, 0.2) is 24.3 Å². The molecule has 154 valence electrons. The van der Waals surface area contributed by atoms with Gasteiger partial charge in [0.2, 0.25) is 0 Å². The van der Waals surface area contributed by atoms with Crippen molar-refractivity contribution in [2.24, 2.45) is 17.3 Å². The van der Waals surface area contributed by atoms with Crippen molar-refractivity contribution in [3.63, 3.8) is 0 Å². The third-order valence-corrected chi connectivity index (χ3v) is 7.86. The van der Waals surface area contributed by atoms with Gasteiger partial charge in [0, 0.05) is 0 Å². The van der Waals surface area contributed by atoms with Crippen LogP contribution < -0.4 is 0 Å². The summed E-state index contributed by atoms with van der Waals surface area (Å²) < 4.78 is 0. The lowest BCUT2D eigenvalue weighted by Gasteiger charge is -2.35. The van der Waals surface area contributed by atoms with E-state index in [1.165, 1.54) is 75.3 Å². The number of nitriles is 1. The number of benzene rings is 1. The molecule has 0 heterocycles. The van der Waals surface area contributed by atoms with Gasteiger partial charge in [0.15, 0.2) is 0 Å². The molecule has 0 unspecified atom stereocenters. The van der Waals surface area contributed by atoms with Gasteiger partial charge in [-0.05, 0) is 73.8 Å². The molecule has 2 saturated carbocycles. The van der Waals surface area contributed by atoms with E-state index in [0.29, 0.717) is 5.92 Å². The zero-order valence-electron chi connectivity index (χ0n) is 18.4. The standard InChI is InChI=1S/C27H41N/c1-3-5-22-6-8-23(9-7-22)10-11-24-12-14-25(15-13-24)26-16-19-27(21-28,18-4-2)20-17-26/h12-15,22-23,26H,3-11,16-20H2,1-2H3/t22-,23-,26?,27?. The van der Waals surface area contributed by atoms with Crippen LogP contribution in [-0.2, 0) is 6.42 Å². The van der Waals surface area contributed by atoms with Gasteiger partial charge >= 0.3 is 0 Å². The van der Waals surface area contributed by atoms with E-state index in [2.05, 4.69) is 44.2 Å². The van der Waals surface area contributed by atoms with E-state index in [1.54, 1.807) is 0 Å². The SMILES string of the molecule is CCCC1(C#N)CCC(c2ccc(CC[C@H]3CC[C@H](CCC)CC3)cc2)CC1. The number of nitrogens with zero attached hydrogens (tertiary/aromatic N) is 1. The van der Waals surface area contributed by atoms with Crippen LogP contribution in [0.3, 0.4) is 0 Å². The molecule has 28 heavy (non-hydrogen) atoms. The van der Waals surface area contributed by atoms with Crippen LogP contribution in [0.25, 0.3) is 0 Å². The lowest BCUT2D eigenvalue weighted by atomic mass is 9.68. The van der Waals surface area contributed by atoms with Gasteiger partial charge in [-0.1, -0.05) is 83.1 Å². The molecule has 0 spiro atoms. The molecule has 2 fully saturated rings. The number of hydrogen-bond acceptors (Lipinski definition) is 1. The Balaban J connectivity index is 1.44. The van der Waals surface area contributed by atoms with Gasteiger partial charge in [-0.15, -0.1) is 0 Å². The summed E-state index contributed by atoms with van der Waals surface area (Å²) >= 11 is 0. The molecular formula is C27H41N. The molecule has 0 aliphatic heterocycles. The first-order chi connectivity index (χ1) is 13.7. The van der Waals surface area contributed by atoms with Gasteiger partial charge in [-0.2, -0.15) is 5.26 Å². The minimum atomic E-state index is -0.0265. The minimum absolute atomic E-state index is 0.0265. The van der Waals surface area contributed by atoms with E-state index in [0.717, 1.165) is 37.5 Å². The molecule has 0 amide bonds. The highest BCUT2D eigenvalue weighted by Crippen LogP contribution is 2.45. The van der Waals surface area contributed by atoms with Crippen molar-refractivity contribution in [3.8, 4) is 6.07 Å². The third kappa shape index (κ3) is 5.62. The van der Waals surface area contributed by atoms with E-state index in [1.807, 2.05) is 0 Å². The molecule has 1 nitrogen and oxygen atoms in total. The van der Waals surface area contributed by atoms with Crippen LogP contribution in [0.4, 0.5) is 0 Å². The Labute approximate surface area is 173 Å². The van der Waals surface area contributed by atoms with Crippen LogP contribution in [0.1, 0.15) is 114 Å². The monoisotopic (exact) mass is 379 g/mol. The minimum Gasteiger partial charge on any atom is -0.198 e. The first kappa shape index (κ1) is 21.4. The van der Waals surface area contributed by atoms with E-state index >= 15 is 0 Å². The summed E-state index contributed by atoms with van der Waals surface area (Å²) in [6.07, 6.45) is 18.1. The van der Waals surface area contributed by atoms with Crippen molar-refractivity contribution >= 4 is 0 Å². The smallest absolute Gasteiger partial charge is 0.0689 e. The molecule has 0 bridgehead atoms. The third-order valence-electron chi connectivity index (χ3n) is 7.86. The van der Waals surface area contributed by atoms with Crippen molar-refractivity contribution < 1.29 is 0 Å². The predicted octanol–water partition coefficient (Wildman–Crippen LogP) is 8.19. The van der Waals surface area contributed by atoms with E-state index in [9.17, 15) is 5.26 Å². The average molecular weight is 380 g/mol. The maximum Gasteiger partial charge on any atom is 0.0689 e. The molecular weight excluding hydrogens is 338 g/mol. The van der Waals surface area contributed by atoms with Gasteiger partial charge < -0.3 is 0 Å². The summed E-state index contributed by atoms with van der Waals surface area (Å²) in [6.45, 7) is 4.54. The summed E-state index contributed by atoms with van der Waals surface area (Å²) in [6, 6.07) is 12.2. The van der Waals surface area contributed by atoms with Crippen LogP contribution in [0.5, 0.6) is 0 Å². The average Bonchev–Trinajstić information content (AvgIpc) is 2.75. The lowest BCUT2D eigenvalue weighted by molar-refractivity contribution is 0.228.